The van der Waals surface area contributed by atoms with Gasteiger partial charge in [-0.2, -0.15) is 0 Å². The van der Waals surface area contributed by atoms with Crippen LogP contribution >= 0.6 is 0 Å². The number of nitrogens with one attached hydrogen (secondary N) is 1. The van der Waals surface area contributed by atoms with Crippen LogP contribution in [0.2, 0.25) is 0 Å². The Hall–Kier alpha value is -0.610. The summed E-state index contributed by atoms with van der Waals surface area (Å²) >= 11 is 0. The first-order chi connectivity index (χ1) is 7.27. The Bertz CT molecular complexity index is 261. The molecule has 1 aliphatic rings. The smallest absolute Gasteiger partial charge is 0.246 e. The van der Waals surface area contributed by atoms with Crippen molar-refractivity contribution < 1.29 is 14.3 Å². The molecule has 0 aromatic rings. The normalized spacial score (nSPS) is 26.7. The van der Waals surface area contributed by atoms with E-state index in [1.54, 1.807) is 0 Å². The maximum Gasteiger partial charge on any atom is 0.246 e. The second-order valence-corrected chi connectivity index (χ2v) is 5.43. The molecule has 0 unspecified atom stereocenters. The van der Waals surface area contributed by atoms with Gasteiger partial charge < -0.3 is 14.8 Å². The first-order valence-electron chi connectivity index (χ1n) is 5.84. The van der Waals surface area contributed by atoms with Gasteiger partial charge in [0.15, 0.2) is 0 Å². The fourth-order valence-electron chi connectivity index (χ4n) is 2.22. The summed E-state index contributed by atoms with van der Waals surface area (Å²) in [6, 6.07) is 0.0513. The first kappa shape index (κ1) is 13.5. The molecule has 94 valence electrons. The van der Waals surface area contributed by atoms with E-state index in [9.17, 15) is 4.79 Å². The zero-order chi connectivity index (χ0) is 12.4. The lowest BCUT2D eigenvalue weighted by atomic mass is 9.94. The molecule has 0 aromatic heterocycles. The molecule has 16 heavy (non-hydrogen) atoms. The van der Waals surface area contributed by atoms with Crippen LogP contribution in [0.4, 0.5) is 0 Å². The summed E-state index contributed by atoms with van der Waals surface area (Å²) in [4.78, 5) is 11.6. The Morgan fingerprint density at radius 1 is 1.44 bits per heavy atom. The molecule has 1 saturated heterocycles. The third-order valence-electron chi connectivity index (χ3n) is 2.85. The second kappa shape index (κ2) is 4.72. The molecule has 0 aliphatic carbocycles. The van der Waals surface area contributed by atoms with Crippen LogP contribution in [0.5, 0.6) is 0 Å². The topological polar surface area (TPSA) is 47.6 Å². The van der Waals surface area contributed by atoms with E-state index in [4.69, 9.17) is 9.47 Å². The summed E-state index contributed by atoms with van der Waals surface area (Å²) < 4.78 is 11.0. The van der Waals surface area contributed by atoms with Crippen molar-refractivity contribution in [1.82, 2.24) is 5.32 Å². The lowest BCUT2D eigenvalue weighted by Crippen LogP contribution is -2.47. The quantitative estimate of drug-likeness (QED) is 0.794. The Morgan fingerprint density at radius 3 is 2.50 bits per heavy atom. The summed E-state index contributed by atoms with van der Waals surface area (Å²) in [5.41, 5.74) is -0.488. The van der Waals surface area contributed by atoms with E-state index in [1.807, 2.05) is 34.6 Å². The molecule has 0 saturated carbocycles. The number of hydrogen-bond acceptors (Lipinski definition) is 3. The lowest BCUT2D eigenvalue weighted by Gasteiger charge is -2.27. The number of hydrogen-bond donors (Lipinski definition) is 1. The number of carbonyl (C=O) groups is 1. The molecule has 0 aromatic carbocycles. The van der Waals surface area contributed by atoms with Gasteiger partial charge in [-0.1, -0.05) is 0 Å². The predicted octanol–water partition coefficient (Wildman–Crippen LogP) is 1.49. The van der Waals surface area contributed by atoms with E-state index in [2.05, 4.69) is 5.32 Å². The van der Waals surface area contributed by atoms with Crippen LogP contribution in [-0.2, 0) is 14.3 Å². The van der Waals surface area contributed by atoms with Gasteiger partial charge in [0.1, 0.15) is 6.61 Å². The molecule has 1 rings (SSSR count). The van der Waals surface area contributed by atoms with Crippen molar-refractivity contribution in [2.75, 3.05) is 13.2 Å². The highest BCUT2D eigenvalue weighted by atomic mass is 16.5. The standard InChI is InChI=1S/C12H23NO3/c1-6-15-8-10(14)13-9-7-11(2,3)16-12(9,4)5/h9H,6-8H2,1-5H3,(H,13,14)/t9-/m1/s1. The van der Waals surface area contributed by atoms with Gasteiger partial charge >= 0.3 is 0 Å². The fraction of sp³-hybridized carbons (Fsp3) is 0.917. The molecule has 1 fully saturated rings. The molecular weight excluding hydrogens is 206 g/mol. The summed E-state index contributed by atoms with van der Waals surface area (Å²) in [5, 5.41) is 2.97. The van der Waals surface area contributed by atoms with Crippen molar-refractivity contribution in [2.45, 2.75) is 58.3 Å². The van der Waals surface area contributed by atoms with Gasteiger partial charge in [-0.15, -0.1) is 0 Å². The SMILES string of the molecule is CCOCC(=O)N[C@@H]1CC(C)(C)OC1(C)C. The third-order valence-corrected chi connectivity index (χ3v) is 2.85. The highest BCUT2D eigenvalue weighted by Gasteiger charge is 2.46. The maximum absolute atomic E-state index is 11.6. The van der Waals surface area contributed by atoms with Crippen LogP contribution in [0.3, 0.4) is 0 Å². The molecule has 0 radical (unpaired) electrons. The Morgan fingerprint density at radius 2 is 2.06 bits per heavy atom. The van der Waals surface area contributed by atoms with E-state index in [0.717, 1.165) is 6.42 Å². The molecule has 1 heterocycles. The molecule has 1 amide bonds. The van der Waals surface area contributed by atoms with E-state index < -0.39 is 0 Å². The van der Waals surface area contributed by atoms with E-state index in [1.165, 1.54) is 0 Å². The van der Waals surface area contributed by atoms with Crippen LogP contribution in [0, 0.1) is 0 Å². The van der Waals surface area contributed by atoms with Crippen LogP contribution in [0.25, 0.3) is 0 Å². The Labute approximate surface area is 97.7 Å². The van der Waals surface area contributed by atoms with Gasteiger partial charge in [-0.3, -0.25) is 4.79 Å². The predicted molar refractivity (Wildman–Crippen MR) is 62.3 cm³/mol. The van der Waals surface area contributed by atoms with Crippen molar-refractivity contribution in [2.24, 2.45) is 0 Å². The summed E-state index contributed by atoms with van der Waals surface area (Å²) in [6.45, 7) is 10.7. The summed E-state index contributed by atoms with van der Waals surface area (Å²) in [7, 11) is 0. The highest BCUT2D eigenvalue weighted by Crippen LogP contribution is 2.37. The van der Waals surface area contributed by atoms with Crippen molar-refractivity contribution in [3.05, 3.63) is 0 Å². The van der Waals surface area contributed by atoms with Crippen LogP contribution < -0.4 is 5.32 Å². The average molecular weight is 229 g/mol. The largest absolute Gasteiger partial charge is 0.372 e. The van der Waals surface area contributed by atoms with E-state index >= 15 is 0 Å². The van der Waals surface area contributed by atoms with Gasteiger partial charge in [0.2, 0.25) is 5.91 Å². The van der Waals surface area contributed by atoms with Gasteiger partial charge in [0.25, 0.3) is 0 Å². The molecule has 1 aliphatic heterocycles. The Kier molecular flexibility index (Phi) is 3.97. The number of ether oxygens (including phenoxy) is 2. The molecule has 0 bridgehead atoms. The van der Waals surface area contributed by atoms with Crippen molar-refractivity contribution in [3.63, 3.8) is 0 Å². The summed E-state index contributed by atoms with van der Waals surface area (Å²) in [6.07, 6.45) is 0.831. The van der Waals surface area contributed by atoms with Crippen LogP contribution in [0.1, 0.15) is 41.0 Å². The molecule has 1 N–H and O–H groups in total. The zero-order valence-electron chi connectivity index (χ0n) is 10.9. The van der Waals surface area contributed by atoms with Crippen LogP contribution in [-0.4, -0.2) is 36.4 Å². The van der Waals surface area contributed by atoms with Crippen molar-refractivity contribution in [3.8, 4) is 0 Å². The van der Waals surface area contributed by atoms with Crippen LogP contribution in [0.15, 0.2) is 0 Å². The first-order valence-corrected chi connectivity index (χ1v) is 5.84. The monoisotopic (exact) mass is 229 g/mol. The number of carbonyl (C=O) groups excluding carboxylic acids is 1. The van der Waals surface area contributed by atoms with E-state index in [0.29, 0.717) is 6.61 Å². The highest BCUT2D eigenvalue weighted by molar-refractivity contribution is 5.77. The minimum Gasteiger partial charge on any atom is -0.372 e. The zero-order valence-corrected chi connectivity index (χ0v) is 10.9. The summed E-state index contributed by atoms with van der Waals surface area (Å²) in [5.74, 6) is -0.0683. The minimum atomic E-state index is -0.314. The lowest BCUT2D eigenvalue weighted by molar-refractivity contribution is -0.128. The third kappa shape index (κ3) is 3.46. The molecule has 1 atom stereocenters. The number of amides is 1. The Balaban J connectivity index is 2.51. The molecular formula is C12H23NO3. The van der Waals surface area contributed by atoms with Gasteiger partial charge in [0.05, 0.1) is 17.2 Å². The molecule has 4 nitrogen and oxygen atoms in total. The average Bonchev–Trinajstić information content (AvgIpc) is 2.31. The van der Waals surface area contributed by atoms with Crippen molar-refractivity contribution >= 4 is 5.91 Å². The van der Waals surface area contributed by atoms with Gasteiger partial charge in [0, 0.05) is 6.61 Å². The van der Waals surface area contributed by atoms with Crippen molar-refractivity contribution in [1.29, 1.82) is 0 Å². The maximum atomic E-state index is 11.6. The minimum absolute atomic E-state index is 0.0513. The molecule has 0 spiro atoms. The van der Waals surface area contributed by atoms with E-state index in [-0.39, 0.29) is 29.8 Å². The number of rotatable bonds is 4. The molecule has 4 heteroatoms. The fourth-order valence-corrected chi connectivity index (χ4v) is 2.22. The van der Waals surface area contributed by atoms with Gasteiger partial charge in [-0.05, 0) is 41.0 Å². The second-order valence-electron chi connectivity index (χ2n) is 5.43. The van der Waals surface area contributed by atoms with Gasteiger partial charge in [-0.25, -0.2) is 0 Å².